The second-order valence-corrected chi connectivity index (χ2v) is 14.5. The lowest BCUT2D eigenvalue weighted by molar-refractivity contribution is 0.669. The van der Waals surface area contributed by atoms with Gasteiger partial charge in [0.2, 0.25) is 0 Å². The van der Waals surface area contributed by atoms with Gasteiger partial charge < -0.3 is 14.2 Å². The van der Waals surface area contributed by atoms with E-state index in [1.54, 1.807) is 0 Å². The molecular weight excluding hydrogens is 690 g/mol. The fraction of sp³-hybridized carbons (Fsp3) is 0. The molecule has 53 heavy (non-hydrogen) atoms. The lowest BCUT2D eigenvalue weighted by atomic mass is 10.0. The van der Waals surface area contributed by atoms with Gasteiger partial charge in [0.1, 0.15) is 11.2 Å². The van der Waals surface area contributed by atoms with Crippen molar-refractivity contribution in [2.45, 2.75) is 0 Å². The second-order valence-electron chi connectivity index (χ2n) is 13.0. The van der Waals surface area contributed by atoms with Crippen molar-refractivity contribution in [3.8, 4) is 11.1 Å². The molecule has 10 rings (SSSR count). The number of furan rings is 1. The van der Waals surface area contributed by atoms with Gasteiger partial charge in [-0.05, 0) is 109 Å². The zero-order valence-electron chi connectivity index (χ0n) is 28.4. The minimum atomic E-state index is 0.671. The van der Waals surface area contributed by atoms with Crippen molar-refractivity contribution >= 4 is 99.2 Å². The molecule has 0 aliphatic rings. The van der Waals surface area contributed by atoms with E-state index in [1.807, 2.05) is 60.1 Å². The first kappa shape index (κ1) is 31.3. The number of fused-ring (bicyclic) bond motifs is 6. The number of nitrogens with zero attached hydrogens (tertiary/aromatic N) is 3. The summed E-state index contributed by atoms with van der Waals surface area (Å²) in [6, 6.07) is 59.5. The first-order valence-electron chi connectivity index (χ1n) is 17.5. The van der Waals surface area contributed by atoms with Crippen LogP contribution in [0.5, 0.6) is 0 Å². The van der Waals surface area contributed by atoms with Gasteiger partial charge in [-0.25, -0.2) is 0 Å². The Balaban J connectivity index is 1.23. The Morgan fingerprint density at radius 1 is 0.434 bits per heavy atom. The van der Waals surface area contributed by atoms with Crippen LogP contribution >= 0.6 is 22.9 Å². The minimum Gasteiger partial charge on any atom is -0.456 e. The third-order valence-corrected chi connectivity index (χ3v) is 11.1. The Morgan fingerprint density at radius 3 is 1.91 bits per heavy atom. The van der Waals surface area contributed by atoms with Gasteiger partial charge in [0.15, 0.2) is 0 Å². The Hall–Kier alpha value is -6.40. The maximum Gasteiger partial charge on any atom is 0.135 e. The SMILES string of the molecule is Clc1cccc(N(c2cc(-c3cccnc3)cc(N(c3ccccc3)c3ccc4oc5ccccc5c4c3)c2)c2ccc3sc4ccccc4c3c2)c1. The lowest BCUT2D eigenvalue weighted by Crippen LogP contribution is -2.13. The highest BCUT2D eigenvalue weighted by Crippen LogP contribution is 2.46. The molecule has 0 fully saturated rings. The van der Waals surface area contributed by atoms with Gasteiger partial charge in [-0.1, -0.05) is 78.3 Å². The molecule has 0 bridgehead atoms. The fourth-order valence-electron chi connectivity index (χ4n) is 7.35. The van der Waals surface area contributed by atoms with Crippen molar-refractivity contribution in [1.82, 2.24) is 4.98 Å². The summed E-state index contributed by atoms with van der Waals surface area (Å²) in [5.41, 5.74) is 9.82. The highest BCUT2D eigenvalue weighted by molar-refractivity contribution is 7.25. The molecule has 4 nitrogen and oxygen atoms in total. The van der Waals surface area contributed by atoms with Crippen molar-refractivity contribution in [2.75, 3.05) is 9.80 Å². The van der Waals surface area contributed by atoms with Crippen molar-refractivity contribution in [1.29, 1.82) is 0 Å². The molecular formula is C47H30ClN3OS. The van der Waals surface area contributed by atoms with E-state index in [-0.39, 0.29) is 0 Å². The predicted octanol–water partition coefficient (Wildman–Crippen LogP) is 14.6. The largest absolute Gasteiger partial charge is 0.456 e. The third-order valence-electron chi connectivity index (χ3n) is 9.73. The van der Waals surface area contributed by atoms with Gasteiger partial charge in [0, 0.05) is 88.0 Å². The average Bonchev–Trinajstić information content (AvgIpc) is 3.77. The summed E-state index contributed by atoms with van der Waals surface area (Å²) in [4.78, 5) is 9.13. The van der Waals surface area contributed by atoms with Gasteiger partial charge in [-0.15, -0.1) is 11.3 Å². The van der Waals surface area contributed by atoms with Gasteiger partial charge in [-0.2, -0.15) is 0 Å². The first-order valence-corrected chi connectivity index (χ1v) is 18.6. The van der Waals surface area contributed by atoms with E-state index in [0.717, 1.165) is 67.2 Å². The molecule has 3 aromatic heterocycles. The van der Waals surface area contributed by atoms with Crippen LogP contribution in [-0.4, -0.2) is 4.98 Å². The van der Waals surface area contributed by atoms with Gasteiger partial charge >= 0.3 is 0 Å². The Bertz CT molecular complexity index is 2940. The Morgan fingerprint density at radius 2 is 1.09 bits per heavy atom. The Kier molecular flexibility index (Phi) is 7.68. The van der Waals surface area contributed by atoms with E-state index in [1.165, 1.54) is 20.2 Å². The molecule has 0 saturated heterocycles. The zero-order valence-corrected chi connectivity index (χ0v) is 29.9. The van der Waals surface area contributed by atoms with Crippen LogP contribution in [-0.2, 0) is 0 Å². The number of pyridine rings is 1. The smallest absolute Gasteiger partial charge is 0.135 e. The number of hydrogen-bond acceptors (Lipinski definition) is 5. The highest BCUT2D eigenvalue weighted by atomic mass is 35.5. The fourth-order valence-corrected chi connectivity index (χ4v) is 8.62. The molecule has 252 valence electrons. The molecule has 0 spiro atoms. The molecule has 0 saturated carbocycles. The molecule has 0 atom stereocenters. The first-order chi connectivity index (χ1) is 26.2. The van der Waals surface area contributed by atoms with E-state index in [0.29, 0.717) is 5.02 Å². The summed E-state index contributed by atoms with van der Waals surface area (Å²) in [6.07, 6.45) is 3.74. The Labute approximate surface area is 315 Å². The molecule has 10 aromatic rings. The molecule has 0 aliphatic heterocycles. The summed E-state index contributed by atoms with van der Waals surface area (Å²) in [5.74, 6) is 0. The topological polar surface area (TPSA) is 32.5 Å². The third kappa shape index (κ3) is 5.67. The molecule has 6 heteroatoms. The van der Waals surface area contributed by atoms with Gasteiger partial charge in [0.05, 0.1) is 0 Å². The monoisotopic (exact) mass is 719 g/mol. The van der Waals surface area contributed by atoms with Crippen LogP contribution in [0.3, 0.4) is 0 Å². The summed E-state index contributed by atoms with van der Waals surface area (Å²) in [7, 11) is 0. The van der Waals surface area contributed by atoms with E-state index in [2.05, 4.69) is 148 Å². The summed E-state index contributed by atoms with van der Waals surface area (Å²) in [5, 5.41) is 5.31. The van der Waals surface area contributed by atoms with Crippen LogP contribution in [0.2, 0.25) is 5.02 Å². The number of halogens is 1. The van der Waals surface area contributed by atoms with E-state index in [4.69, 9.17) is 16.0 Å². The van der Waals surface area contributed by atoms with Crippen LogP contribution in [0, 0.1) is 0 Å². The van der Waals surface area contributed by atoms with Crippen LogP contribution in [0.1, 0.15) is 0 Å². The molecule has 0 aliphatic carbocycles. The maximum absolute atomic E-state index is 6.72. The minimum absolute atomic E-state index is 0.671. The summed E-state index contributed by atoms with van der Waals surface area (Å²) < 4.78 is 8.77. The van der Waals surface area contributed by atoms with E-state index in [9.17, 15) is 0 Å². The van der Waals surface area contributed by atoms with Crippen LogP contribution in [0.25, 0.3) is 53.2 Å². The number of aromatic nitrogens is 1. The predicted molar refractivity (Wildman–Crippen MR) is 224 cm³/mol. The number of anilines is 6. The quantitative estimate of drug-likeness (QED) is 0.164. The maximum atomic E-state index is 6.72. The summed E-state index contributed by atoms with van der Waals surface area (Å²) >= 11 is 8.54. The lowest BCUT2D eigenvalue weighted by Gasteiger charge is -2.30. The summed E-state index contributed by atoms with van der Waals surface area (Å²) in [6.45, 7) is 0. The van der Waals surface area contributed by atoms with Crippen molar-refractivity contribution in [3.05, 3.63) is 187 Å². The average molecular weight is 720 g/mol. The number of benzene rings is 7. The molecule has 0 radical (unpaired) electrons. The normalized spacial score (nSPS) is 11.5. The van der Waals surface area contributed by atoms with Crippen LogP contribution < -0.4 is 9.80 Å². The standard InChI is InChI=1S/C47H30ClN3OS/c48-33-11-8-14-35(26-33)51(37-20-22-47-43(29-37)41-16-5-7-18-46(41)53-47)39-25-32(31-10-9-23-49-30-31)24-38(27-39)50(34-12-2-1-3-13-34)36-19-21-45-42(28-36)40-15-4-6-17-44(40)52-45/h1-30H. The number of hydrogen-bond donors (Lipinski definition) is 0. The van der Waals surface area contributed by atoms with Crippen molar-refractivity contribution in [2.24, 2.45) is 0 Å². The zero-order chi connectivity index (χ0) is 35.3. The molecule has 0 N–H and O–H groups in total. The van der Waals surface area contributed by atoms with Crippen LogP contribution in [0.15, 0.2) is 187 Å². The van der Waals surface area contributed by atoms with Crippen LogP contribution in [0.4, 0.5) is 34.1 Å². The van der Waals surface area contributed by atoms with Gasteiger partial charge in [-0.3, -0.25) is 4.98 Å². The van der Waals surface area contributed by atoms with Crippen molar-refractivity contribution < 1.29 is 4.42 Å². The number of thiophene rings is 1. The number of para-hydroxylation sites is 2. The van der Waals surface area contributed by atoms with E-state index < -0.39 is 0 Å². The molecule has 0 unspecified atom stereocenters. The highest BCUT2D eigenvalue weighted by Gasteiger charge is 2.21. The van der Waals surface area contributed by atoms with Gasteiger partial charge in [0.25, 0.3) is 0 Å². The molecule has 3 heterocycles. The van der Waals surface area contributed by atoms with Crippen molar-refractivity contribution in [3.63, 3.8) is 0 Å². The second kappa shape index (κ2) is 13.0. The molecule has 0 amide bonds. The van der Waals surface area contributed by atoms with E-state index >= 15 is 0 Å². The number of rotatable bonds is 7. The molecule has 7 aromatic carbocycles.